The molecule has 1 heteroatoms. The highest BCUT2D eigenvalue weighted by Crippen LogP contribution is 2.40. The monoisotopic (exact) mass is 306 g/mol. The van der Waals surface area contributed by atoms with E-state index >= 15 is 0 Å². The normalized spacial score (nSPS) is 21.8. The van der Waals surface area contributed by atoms with Crippen LogP contribution in [0.15, 0.2) is 42.0 Å². The van der Waals surface area contributed by atoms with Crippen LogP contribution in [0.5, 0.6) is 0 Å². The summed E-state index contributed by atoms with van der Waals surface area (Å²) in [6.07, 6.45) is 6.41. The average Bonchev–Trinajstić information content (AvgIpc) is 2.90. The average molecular weight is 306 g/mol. The fourth-order valence-electron chi connectivity index (χ4n) is 5.07. The molecule has 1 nitrogen and oxygen atoms in total. The van der Waals surface area contributed by atoms with E-state index in [4.69, 9.17) is 0 Å². The Morgan fingerprint density at radius 1 is 1.00 bits per heavy atom. The largest absolute Gasteiger partial charge is 0.320 e. The topological polar surface area (TPSA) is 0 Å². The Labute approximate surface area is 140 Å². The minimum Gasteiger partial charge on any atom is -0.320 e. The molecule has 1 atom stereocenters. The first-order chi connectivity index (χ1) is 11.2. The van der Waals surface area contributed by atoms with Crippen molar-refractivity contribution in [3.8, 4) is 0 Å². The highest BCUT2D eigenvalue weighted by molar-refractivity contribution is 5.93. The lowest BCUT2D eigenvalue weighted by molar-refractivity contribution is -0.916. The Hall–Kier alpha value is -1.60. The van der Waals surface area contributed by atoms with Gasteiger partial charge in [0.15, 0.2) is 0 Å². The van der Waals surface area contributed by atoms with Crippen molar-refractivity contribution in [2.45, 2.75) is 33.1 Å². The fourth-order valence-corrected chi connectivity index (χ4v) is 5.07. The number of benzene rings is 2. The lowest BCUT2D eigenvalue weighted by atomic mass is 9.83. The number of quaternary nitrogens is 1. The zero-order chi connectivity index (χ0) is 15.9. The van der Waals surface area contributed by atoms with E-state index in [1.165, 1.54) is 66.3 Å². The molecule has 0 spiro atoms. The predicted molar refractivity (Wildman–Crippen MR) is 99.4 cm³/mol. The number of likely N-dealkylation sites (tertiary alicyclic amines) is 1. The van der Waals surface area contributed by atoms with Gasteiger partial charge in [0.1, 0.15) is 6.54 Å². The zero-order valence-corrected chi connectivity index (χ0v) is 14.5. The van der Waals surface area contributed by atoms with Gasteiger partial charge >= 0.3 is 0 Å². The molecule has 0 radical (unpaired) electrons. The molecule has 1 saturated heterocycles. The number of rotatable bonds is 4. The molecule has 0 bridgehead atoms. The summed E-state index contributed by atoms with van der Waals surface area (Å²) in [5.41, 5.74) is 4.78. The molecule has 4 rings (SSSR count). The summed E-state index contributed by atoms with van der Waals surface area (Å²) >= 11 is 0. The predicted octanol–water partition coefficient (Wildman–Crippen LogP) is 5.05. The number of nitrogens with zero attached hydrogens (tertiary/aromatic N) is 1. The molecule has 0 N–H and O–H groups in total. The number of fused-ring (bicyclic) bond motifs is 4. The maximum atomic E-state index is 2.55. The standard InChI is InChI=1S/C22H28N/c1-3-11-23(12-4-2)15-19-13-18-10-9-17-7-5-6-8-21(17)22(18)14-20(19)16-23/h5-10,14,19H,3-4,11-13,15-16H2,1-2H3/q+1/t19-/m1/s1. The number of hydrogen-bond donors (Lipinski definition) is 0. The Balaban J connectivity index is 1.75. The van der Waals surface area contributed by atoms with Gasteiger partial charge in [-0.15, -0.1) is 0 Å². The van der Waals surface area contributed by atoms with Crippen LogP contribution in [-0.4, -0.2) is 30.7 Å². The van der Waals surface area contributed by atoms with Crippen LogP contribution in [0.4, 0.5) is 0 Å². The first-order valence-electron chi connectivity index (χ1n) is 9.31. The molecule has 2 aromatic carbocycles. The Bertz CT molecular complexity index is 750. The van der Waals surface area contributed by atoms with Crippen molar-refractivity contribution in [2.75, 3.05) is 26.2 Å². The van der Waals surface area contributed by atoms with Gasteiger partial charge in [0, 0.05) is 5.92 Å². The third-order valence-electron chi connectivity index (χ3n) is 5.90. The highest BCUT2D eigenvalue weighted by atomic mass is 15.4. The summed E-state index contributed by atoms with van der Waals surface area (Å²) in [6, 6.07) is 13.5. The summed E-state index contributed by atoms with van der Waals surface area (Å²) in [5.74, 6) is 0.779. The lowest BCUT2D eigenvalue weighted by Gasteiger charge is -2.34. The molecular formula is C22H28N+. The van der Waals surface area contributed by atoms with Gasteiger partial charge < -0.3 is 4.48 Å². The summed E-state index contributed by atoms with van der Waals surface area (Å²) in [5, 5.41) is 2.81. The molecule has 1 aliphatic heterocycles. The molecule has 2 aliphatic rings. The Morgan fingerprint density at radius 2 is 1.78 bits per heavy atom. The molecular weight excluding hydrogens is 278 g/mol. The summed E-state index contributed by atoms with van der Waals surface area (Å²) in [6.45, 7) is 10.0. The molecule has 0 aromatic heterocycles. The van der Waals surface area contributed by atoms with Gasteiger partial charge in [-0.3, -0.25) is 0 Å². The van der Waals surface area contributed by atoms with Gasteiger partial charge in [0.05, 0.1) is 19.6 Å². The molecule has 1 aliphatic carbocycles. The fraction of sp³-hybridized carbons (Fsp3) is 0.455. The van der Waals surface area contributed by atoms with Gasteiger partial charge in [-0.05, 0) is 52.8 Å². The second kappa shape index (κ2) is 5.79. The van der Waals surface area contributed by atoms with Crippen LogP contribution in [-0.2, 0) is 6.42 Å². The second-order valence-electron chi connectivity index (χ2n) is 7.61. The molecule has 1 fully saturated rings. The van der Waals surface area contributed by atoms with E-state index in [2.05, 4.69) is 56.3 Å². The van der Waals surface area contributed by atoms with E-state index in [0.717, 1.165) is 5.92 Å². The van der Waals surface area contributed by atoms with E-state index in [-0.39, 0.29) is 0 Å². The van der Waals surface area contributed by atoms with E-state index in [1.807, 2.05) is 0 Å². The number of hydrogen-bond acceptors (Lipinski definition) is 0. The van der Waals surface area contributed by atoms with Gasteiger partial charge in [0.2, 0.25) is 0 Å². The first kappa shape index (κ1) is 15.0. The minimum absolute atomic E-state index is 0.779. The maximum Gasteiger partial charge on any atom is 0.101 e. The maximum absolute atomic E-state index is 2.55. The second-order valence-corrected chi connectivity index (χ2v) is 7.61. The molecule has 0 saturated carbocycles. The summed E-state index contributed by atoms with van der Waals surface area (Å²) < 4.78 is 1.33. The van der Waals surface area contributed by atoms with Crippen molar-refractivity contribution >= 4 is 16.8 Å². The van der Waals surface area contributed by atoms with E-state index < -0.39 is 0 Å². The first-order valence-corrected chi connectivity index (χ1v) is 9.31. The van der Waals surface area contributed by atoms with Crippen LogP contribution in [0.2, 0.25) is 0 Å². The van der Waals surface area contributed by atoms with Crippen molar-refractivity contribution in [1.82, 2.24) is 0 Å². The van der Waals surface area contributed by atoms with E-state index in [9.17, 15) is 0 Å². The van der Waals surface area contributed by atoms with Crippen molar-refractivity contribution < 1.29 is 4.48 Å². The van der Waals surface area contributed by atoms with Gasteiger partial charge in [-0.2, -0.15) is 0 Å². The lowest BCUT2D eigenvalue weighted by Crippen LogP contribution is -2.47. The SMILES string of the molecule is CCC[N+]1(CCC)CC2=Cc3c(ccc4ccccc34)C[C@@H]2C1. The highest BCUT2D eigenvalue weighted by Gasteiger charge is 2.42. The van der Waals surface area contributed by atoms with E-state index in [1.54, 1.807) is 11.1 Å². The molecule has 0 unspecified atom stereocenters. The third kappa shape index (κ3) is 2.52. The van der Waals surface area contributed by atoms with Crippen LogP contribution in [0.1, 0.15) is 37.8 Å². The Morgan fingerprint density at radius 3 is 2.57 bits per heavy atom. The third-order valence-corrected chi connectivity index (χ3v) is 5.90. The van der Waals surface area contributed by atoms with Crippen molar-refractivity contribution in [2.24, 2.45) is 5.92 Å². The van der Waals surface area contributed by atoms with Crippen LogP contribution in [0.25, 0.3) is 16.8 Å². The summed E-state index contributed by atoms with van der Waals surface area (Å²) in [7, 11) is 0. The molecule has 1 heterocycles. The van der Waals surface area contributed by atoms with Crippen molar-refractivity contribution in [1.29, 1.82) is 0 Å². The van der Waals surface area contributed by atoms with Gasteiger partial charge in [0.25, 0.3) is 0 Å². The van der Waals surface area contributed by atoms with Crippen LogP contribution in [0.3, 0.4) is 0 Å². The van der Waals surface area contributed by atoms with Crippen LogP contribution < -0.4 is 0 Å². The van der Waals surface area contributed by atoms with Gasteiger partial charge in [-0.1, -0.05) is 50.2 Å². The van der Waals surface area contributed by atoms with E-state index in [0.29, 0.717) is 0 Å². The van der Waals surface area contributed by atoms with Crippen molar-refractivity contribution in [3.05, 3.63) is 53.1 Å². The Kier molecular flexibility index (Phi) is 3.77. The minimum atomic E-state index is 0.779. The molecule has 0 amide bonds. The molecule has 23 heavy (non-hydrogen) atoms. The zero-order valence-electron chi connectivity index (χ0n) is 14.5. The molecule has 120 valence electrons. The summed E-state index contributed by atoms with van der Waals surface area (Å²) in [4.78, 5) is 0. The smallest absolute Gasteiger partial charge is 0.101 e. The van der Waals surface area contributed by atoms with Gasteiger partial charge in [-0.25, -0.2) is 0 Å². The van der Waals surface area contributed by atoms with Crippen molar-refractivity contribution in [3.63, 3.8) is 0 Å². The molecule has 2 aromatic rings. The van der Waals surface area contributed by atoms with Crippen LogP contribution in [0, 0.1) is 5.92 Å². The van der Waals surface area contributed by atoms with Crippen LogP contribution >= 0.6 is 0 Å². The quantitative estimate of drug-likeness (QED) is 0.694.